The fraction of sp³-hybridized carbons (Fsp3) is 0.0769. The van der Waals surface area contributed by atoms with Crippen molar-refractivity contribution >= 4 is 22.5 Å². The third-order valence-corrected chi connectivity index (χ3v) is 3.14. The van der Waals surface area contributed by atoms with Gasteiger partial charge in [-0.2, -0.15) is 9.36 Å². The molecule has 0 bridgehead atoms. The summed E-state index contributed by atoms with van der Waals surface area (Å²) >= 11 is 1.29. The van der Waals surface area contributed by atoms with Crippen molar-refractivity contribution in [2.75, 3.05) is 5.32 Å². The predicted octanol–water partition coefficient (Wildman–Crippen LogP) is 2.85. The highest BCUT2D eigenvalue weighted by atomic mass is 32.1. The quantitative estimate of drug-likeness (QED) is 0.791. The highest BCUT2D eigenvalue weighted by Crippen LogP contribution is 2.22. The van der Waals surface area contributed by atoms with E-state index in [1.54, 1.807) is 18.5 Å². The third-order valence-electron chi connectivity index (χ3n) is 2.51. The van der Waals surface area contributed by atoms with Crippen LogP contribution in [0.25, 0.3) is 11.5 Å². The van der Waals surface area contributed by atoms with Crippen LogP contribution < -0.4 is 5.32 Å². The van der Waals surface area contributed by atoms with E-state index >= 15 is 0 Å². The summed E-state index contributed by atoms with van der Waals surface area (Å²) in [4.78, 5) is 12.8. The van der Waals surface area contributed by atoms with Gasteiger partial charge in [0.2, 0.25) is 5.13 Å². The maximum absolute atomic E-state index is 4.40. The van der Waals surface area contributed by atoms with Crippen molar-refractivity contribution in [1.29, 1.82) is 0 Å². The Morgan fingerprint density at radius 1 is 1.26 bits per heavy atom. The molecule has 0 unspecified atom stereocenters. The van der Waals surface area contributed by atoms with E-state index < -0.39 is 0 Å². The monoisotopic (exact) mass is 268 g/mol. The van der Waals surface area contributed by atoms with Crippen molar-refractivity contribution in [2.24, 2.45) is 0 Å². The number of aromatic nitrogens is 4. The molecule has 93 valence electrons. The summed E-state index contributed by atoms with van der Waals surface area (Å²) in [6, 6.07) is 10.4. The number of rotatable bonds is 3. The maximum Gasteiger partial charge on any atom is 0.208 e. The van der Waals surface area contributed by atoms with E-state index in [0.717, 1.165) is 17.1 Å². The van der Waals surface area contributed by atoms with E-state index in [1.165, 1.54) is 11.5 Å². The van der Waals surface area contributed by atoms with Gasteiger partial charge in [0.15, 0.2) is 5.82 Å². The molecule has 0 aliphatic carbocycles. The fourth-order valence-corrected chi connectivity index (χ4v) is 2.13. The first-order valence-corrected chi connectivity index (χ1v) is 6.45. The lowest BCUT2D eigenvalue weighted by molar-refractivity contribution is 1.21. The van der Waals surface area contributed by atoms with E-state index in [1.807, 2.05) is 25.1 Å². The molecular weight excluding hydrogens is 258 g/mol. The van der Waals surface area contributed by atoms with Gasteiger partial charge in [0.05, 0.1) is 0 Å². The summed E-state index contributed by atoms with van der Waals surface area (Å²) in [6.45, 7) is 1.99. The average Bonchev–Trinajstić information content (AvgIpc) is 2.91. The second-order valence-electron chi connectivity index (χ2n) is 3.86. The zero-order chi connectivity index (χ0) is 13.1. The number of pyridine rings is 2. The summed E-state index contributed by atoms with van der Waals surface area (Å²) in [5.41, 5.74) is 1.80. The highest BCUT2D eigenvalue weighted by Gasteiger charge is 2.08. The van der Waals surface area contributed by atoms with Gasteiger partial charge in [-0.05, 0) is 24.6 Å². The number of aryl methyl sites for hydroxylation is 1. The third kappa shape index (κ3) is 2.58. The standard InChI is InChI=1S/C13H10N5S/c1-9-5-4-8-15-11(9)16-13-17-12(18-19-13)10-6-2-3-7-14-10/h2,4-8H,1H3,(H,15,16,17,18). The Bertz CT molecular complexity index is 680. The topological polar surface area (TPSA) is 63.6 Å². The van der Waals surface area contributed by atoms with Crippen LogP contribution in [-0.4, -0.2) is 19.3 Å². The summed E-state index contributed by atoms with van der Waals surface area (Å²) in [5.74, 6) is 1.40. The lowest BCUT2D eigenvalue weighted by Crippen LogP contribution is -1.95. The molecular formula is C13H10N5S. The molecule has 3 aromatic heterocycles. The second kappa shape index (κ2) is 5.11. The van der Waals surface area contributed by atoms with Crippen LogP contribution in [0.1, 0.15) is 5.56 Å². The minimum atomic E-state index is 0.607. The van der Waals surface area contributed by atoms with Gasteiger partial charge < -0.3 is 5.32 Å². The Morgan fingerprint density at radius 2 is 2.21 bits per heavy atom. The van der Waals surface area contributed by atoms with Gasteiger partial charge in [-0.3, -0.25) is 4.98 Å². The van der Waals surface area contributed by atoms with Gasteiger partial charge in [-0.15, -0.1) is 0 Å². The Morgan fingerprint density at radius 3 is 3.00 bits per heavy atom. The molecule has 0 saturated heterocycles. The first kappa shape index (κ1) is 11.7. The Kier molecular flexibility index (Phi) is 3.16. The molecule has 0 fully saturated rings. The van der Waals surface area contributed by atoms with Crippen LogP contribution in [0.5, 0.6) is 0 Å². The lowest BCUT2D eigenvalue weighted by atomic mass is 10.3. The van der Waals surface area contributed by atoms with E-state index in [-0.39, 0.29) is 0 Å². The minimum Gasteiger partial charge on any atom is -0.315 e. The van der Waals surface area contributed by atoms with E-state index in [9.17, 15) is 0 Å². The zero-order valence-corrected chi connectivity index (χ0v) is 11.0. The average molecular weight is 268 g/mol. The zero-order valence-electron chi connectivity index (χ0n) is 10.2. The normalized spacial score (nSPS) is 10.4. The summed E-state index contributed by atoms with van der Waals surface area (Å²) in [5, 5.41) is 3.86. The molecule has 0 aliphatic heterocycles. The molecule has 3 aromatic rings. The molecule has 0 saturated carbocycles. The lowest BCUT2D eigenvalue weighted by Gasteiger charge is -2.03. The van der Waals surface area contributed by atoms with Crippen LogP contribution in [0.3, 0.4) is 0 Å². The van der Waals surface area contributed by atoms with Gasteiger partial charge in [0.25, 0.3) is 0 Å². The molecule has 3 rings (SSSR count). The number of hydrogen-bond donors (Lipinski definition) is 1. The van der Waals surface area contributed by atoms with Gasteiger partial charge in [0.1, 0.15) is 11.5 Å². The van der Waals surface area contributed by atoms with E-state index in [2.05, 4.69) is 30.7 Å². The van der Waals surface area contributed by atoms with Crippen LogP contribution in [0.4, 0.5) is 10.9 Å². The number of hydrogen-bond acceptors (Lipinski definition) is 6. The number of nitrogens with zero attached hydrogens (tertiary/aromatic N) is 4. The molecule has 5 nitrogen and oxygen atoms in total. The summed E-state index contributed by atoms with van der Waals surface area (Å²) in [7, 11) is 0. The smallest absolute Gasteiger partial charge is 0.208 e. The highest BCUT2D eigenvalue weighted by molar-refractivity contribution is 7.09. The van der Waals surface area contributed by atoms with Crippen molar-refractivity contribution < 1.29 is 0 Å². The van der Waals surface area contributed by atoms with Crippen LogP contribution >= 0.6 is 11.5 Å². The molecule has 0 aromatic carbocycles. The summed E-state index contributed by atoms with van der Waals surface area (Å²) in [6.07, 6.45) is 3.35. The Hall–Kier alpha value is -2.34. The molecule has 0 atom stereocenters. The van der Waals surface area contributed by atoms with Crippen molar-refractivity contribution in [3.8, 4) is 11.5 Å². The first-order chi connectivity index (χ1) is 9.33. The van der Waals surface area contributed by atoms with Gasteiger partial charge >= 0.3 is 0 Å². The molecule has 0 spiro atoms. The Labute approximate surface area is 114 Å². The first-order valence-electron chi connectivity index (χ1n) is 5.68. The molecule has 3 heterocycles. The molecule has 1 N–H and O–H groups in total. The van der Waals surface area contributed by atoms with Crippen LogP contribution in [-0.2, 0) is 0 Å². The number of nitrogens with one attached hydrogen (secondary N) is 1. The molecule has 1 radical (unpaired) electrons. The van der Waals surface area contributed by atoms with E-state index in [4.69, 9.17) is 0 Å². The minimum absolute atomic E-state index is 0.607. The van der Waals surface area contributed by atoms with Gasteiger partial charge in [0, 0.05) is 30.0 Å². The SMILES string of the molecule is Cc1cccnc1Nc1nc(-c2cc[c]cn2)ns1. The predicted molar refractivity (Wildman–Crippen MR) is 74.2 cm³/mol. The van der Waals surface area contributed by atoms with Crippen molar-refractivity contribution in [3.63, 3.8) is 0 Å². The van der Waals surface area contributed by atoms with Crippen molar-refractivity contribution in [1.82, 2.24) is 19.3 Å². The summed E-state index contributed by atoms with van der Waals surface area (Å²) < 4.78 is 4.28. The molecule has 19 heavy (non-hydrogen) atoms. The van der Waals surface area contributed by atoms with Crippen molar-refractivity contribution in [2.45, 2.75) is 6.92 Å². The second-order valence-corrected chi connectivity index (χ2v) is 4.61. The largest absolute Gasteiger partial charge is 0.315 e. The molecule has 0 amide bonds. The van der Waals surface area contributed by atoms with E-state index in [0.29, 0.717) is 11.0 Å². The van der Waals surface area contributed by atoms with Gasteiger partial charge in [-0.1, -0.05) is 12.1 Å². The number of anilines is 2. The van der Waals surface area contributed by atoms with Crippen LogP contribution in [0, 0.1) is 13.0 Å². The van der Waals surface area contributed by atoms with Crippen molar-refractivity contribution in [3.05, 3.63) is 48.3 Å². The van der Waals surface area contributed by atoms with Gasteiger partial charge in [-0.25, -0.2) is 4.98 Å². The van der Waals surface area contributed by atoms with Crippen LogP contribution in [0.15, 0.2) is 36.7 Å². The van der Waals surface area contributed by atoms with Crippen LogP contribution in [0.2, 0.25) is 0 Å². The Balaban J connectivity index is 1.85. The fourth-order valence-electron chi connectivity index (χ4n) is 1.55. The maximum atomic E-state index is 4.40. The molecule has 6 heteroatoms. The molecule has 0 aliphatic rings.